The zero-order valence-corrected chi connectivity index (χ0v) is 12.8. The van der Waals surface area contributed by atoms with Crippen molar-refractivity contribution in [3.8, 4) is 22.7 Å². The summed E-state index contributed by atoms with van der Waals surface area (Å²) in [5.41, 5.74) is 3.74. The molecule has 0 aliphatic carbocycles. The van der Waals surface area contributed by atoms with E-state index in [1.54, 1.807) is 12.1 Å². The van der Waals surface area contributed by atoms with E-state index >= 15 is 0 Å². The Morgan fingerprint density at radius 3 is 2.30 bits per heavy atom. The van der Waals surface area contributed by atoms with Crippen molar-refractivity contribution in [2.45, 2.75) is 13.8 Å². The van der Waals surface area contributed by atoms with Crippen molar-refractivity contribution < 1.29 is 15.0 Å². The Morgan fingerprint density at radius 2 is 1.65 bits per heavy atom. The van der Waals surface area contributed by atoms with Gasteiger partial charge >= 0.3 is 5.97 Å². The highest BCUT2D eigenvalue weighted by atomic mass is 16.4. The number of carboxylic acids is 1. The van der Waals surface area contributed by atoms with Gasteiger partial charge in [0.05, 0.1) is 5.69 Å². The van der Waals surface area contributed by atoms with Gasteiger partial charge in [0.1, 0.15) is 11.4 Å². The number of carbonyl (C=O) groups is 1. The molecule has 5 nitrogen and oxygen atoms in total. The van der Waals surface area contributed by atoms with Crippen LogP contribution in [0.5, 0.6) is 5.75 Å². The van der Waals surface area contributed by atoms with Crippen molar-refractivity contribution in [1.82, 2.24) is 9.78 Å². The van der Waals surface area contributed by atoms with Crippen molar-refractivity contribution in [3.63, 3.8) is 0 Å². The van der Waals surface area contributed by atoms with Crippen molar-refractivity contribution in [2.75, 3.05) is 0 Å². The number of hydrogen-bond acceptors (Lipinski definition) is 3. The number of aromatic hydroxyl groups is 1. The van der Waals surface area contributed by atoms with Crippen LogP contribution in [0.25, 0.3) is 16.9 Å². The van der Waals surface area contributed by atoms with Gasteiger partial charge in [0.15, 0.2) is 5.69 Å². The van der Waals surface area contributed by atoms with E-state index in [4.69, 9.17) is 0 Å². The van der Waals surface area contributed by atoms with Gasteiger partial charge in [-0.1, -0.05) is 35.9 Å². The van der Waals surface area contributed by atoms with Crippen LogP contribution in [0.2, 0.25) is 0 Å². The van der Waals surface area contributed by atoms with Crippen LogP contribution in [0.3, 0.4) is 0 Å². The van der Waals surface area contributed by atoms with Crippen LogP contribution in [0.15, 0.2) is 48.5 Å². The molecule has 1 heterocycles. The van der Waals surface area contributed by atoms with Gasteiger partial charge in [-0.05, 0) is 37.6 Å². The van der Waals surface area contributed by atoms with Gasteiger partial charge in [0.25, 0.3) is 0 Å². The van der Waals surface area contributed by atoms with Crippen molar-refractivity contribution >= 4 is 5.97 Å². The minimum Gasteiger partial charge on any atom is -0.506 e. The van der Waals surface area contributed by atoms with E-state index in [-0.39, 0.29) is 11.4 Å². The Kier molecular flexibility index (Phi) is 3.62. The van der Waals surface area contributed by atoms with Gasteiger partial charge in [-0.2, -0.15) is 5.10 Å². The second-order valence-electron chi connectivity index (χ2n) is 5.49. The van der Waals surface area contributed by atoms with E-state index < -0.39 is 5.97 Å². The molecule has 0 atom stereocenters. The zero-order chi connectivity index (χ0) is 16.6. The summed E-state index contributed by atoms with van der Waals surface area (Å²) in [4.78, 5) is 11.5. The maximum atomic E-state index is 11.5. The SMILES string of the molecule is Cc1ccc(-c2cc(C(=O)O)n(-c3cc(C)ccc3O)n2)cc1. The lowest BCUT2D eigenvalue weighted by molar-refractivity contribution is 0.0687. The fourth-order valence-electron chi connectivity index (χ4n) is 2.39. The monoisotopic (exact) mass is 308 g/mol. The topological polar surface area (TPSA) is 75.3 Å². The molecule has 23 heavy (non-hydrogen) atoms. The van der Waals surface area contributed by atoms with Crippen LogP contribution in [0.4, 0.5) is 0 Å². The average Bonchev–Trinajstić information content (AvgIpc) is 2.95. The molecular weight excluding hydrogens is 292 g/mol. The summed E-state index contributed by atoms with van der Waals surface area (Å²) in [6.07, 6.45) is 0. The van der Waals surface area contributed by atoms with Crippen molar-refractivity contribution in [3.05, 3.63) is 65.4 Å². The number of rotatable bonds is 3. The number of phenols is 1. The quantitative estimate of drug-likeness (QED) is 0.775. The van der Waals surface area contributed by atoms with E-state index in [2.05, 4.69) is 5.10 Å². The molecule has 116 valence electrons. The summed E-state index contributed by atoms with van der Waals surface area (Å²) in [6, 6.07) is 14.2. The van der Waals surface area contributed by atoms with Gasteiger partial charge in [-0.3, -0.25) is 0 Å². The number of hydrogen-bond donors (Lipinski definition) is 2. The number of nitrogens with zero attached hydrogens (tertiary/aromatic N) is 2. The fourth-order valence-corrected chi connectivity index (χ4v) is 2.39. The Balaban J connectivity index is 2.18. The molecule has 0 bridgehead atoms. The van der Waals surface area contributed by atoms with E-state index in [1.807, 2.05) is 38.1 Å². The standard InChI is InChI=1S/C18H16N2O3/c1-11-3-6-13(7-4-11)14-10-16(18(22)23)20(19-14)15-9-12(2)5-8-17(15)21/h3-10,21H,1-2H3,(H,22,23). The van der Waals surface area contributed by atoms with E-state index in [0.29, 0.717) is 11.4 Å². The second kappa shape index (κ2) is 5.61. The molecule has 0 spiro atoms. The molecule has 5 heteroatoms. The van der Waals surface area contributed by atoms with E-state index in [0.717, 1.165) is 16.7 Å². The number of aromatic nitrogens is 2. The molecule has 0 aliphatic rings. The first-order valence-corrected chi connectivity index (χ1v) is 7.16. The normalized spacial score (nSPS) is 10.7. The molecule has 0 fully saturated rings. The molecular formula is C18H16N2O3. The van der Waals surface area contributed by atoms with E-state index in [1.165, 1.54) is 16.8 Å². The first-order chi connectivity index (χ1) is 11.0. The third-order valence-corrected chi connectivity index (χ3v) is 3.63. The van der Waals surface area contributed by atoms with Crippen LogP contribution in [-0.2, 0) is 0 Å². The van der Waals surface area contributed by atoms with Crippen LogP contribution in [-0.4, -0.2) is 26.0 Å². The molecule has 2 N–H and O–H groups in total. The summed E-state index contributed by atoms with van der Waals surface area (Å²) in [6.45, 7) is 3.85. The molecule has 1 aromatic heterocycles. The summed E-state index contributed by atoms with van der Waals surface area (Å²) < 4.78 is 1.26. The summed E-state index contributed by atoms with van der Waals surface area (Å²) in [7, 11) is 0. The number of aromatic carboxylic acids is 1. The fraction of sp³-hybridized carbons (Fsp3) is 0.111. The molecule has 3 rings (SSSR count). The third kappa shape index (κ3) is 2.81. The predicted molar refractivity (Wildman–Crippen MR) is 87.1 cm³/mol. The summed E-state index contributed by atoms with van der Waals surface area (Å²) in [5, 5.41) is 23.9. The van der Waals surface area contributed by atoms with Gasteiger partial charge in [0.2, 0.25) is 0 Å². The van der Waals surface area contributed by atoms with Crippen LogP contribution >= 0.6 is 0 Å². The Morgan fingerprint density at radius 1 is 1.00 bits per heavy atom. The smallest absolute Gasteiger partial charge is 0.354 e. The maximum Gasteiger partial charge on any atom is 0.354 e. The molecule has 0 radical (unpaired) electrons. The lowest BCUT2D eigenvalue weighted by atomic mass is 10.1. The minimum atomic E-state index is -1.10. The molecule has 0 saturated carbocycles. The Labute approximate surface area is 133 Å². The van der Waals surface area contributed by atoms with Crippen molar-refractivity contribution in [2.24, 2.45) is 0 Å². The molecule has 0 saturated heterocycles. The number of carboxylic acid groups (broad SMARTS) is 1. The minimum absolute atomic E-state index is 0.00137. The zero-order valence-electron chi connectivity index (χ0n) is 12.8. The van der Waals surface area contributed by atoms with Crippen LogP contribution in [0, 0.1) is 13.8 Å². The highest BCUT2D eigenvalue weighted by Gasteiger charge is 2.18. The lowest BCUT2D eigenvalue weighted by Crippen LogP contribution is -2.08. The molecule has 0 unspecified atom stereocenters. The van der Waals surface area contributed by atoms with Gasteiger partial charge in [-0.25, -0.2) is 9.48 Å². The number of phenolic OH excluding ortho intramolecular Hbond substituents is 1. The van der Waals surface area contributed by atoms with E-state index in [9.17, 15) is 15.0 Å². The number of benzene rings is 2. The summed E-state index contributed by atoms with van der Waals surface area (Å²) >= 11 is 0. The maximum absolute atomic E-state index is 11.5. The summed E-state index contributed by atoms with van der Waals surface area (Å²) in [5.74, 6) is -1.12. The average molecular weight is 308 g/mol. The third-order valence-electron chi connectivity index (χ3n) is 3.63. The van der Waals surface area contributed by atoms with Crippen molar-refractivity contribution in [1.29, 1.82) is 0 Å². The lowest BCUT2D eigenvalue weighted by Gasteiger charge is -2.07. The largest absolute Gasteiger partial charge is 0.506 e. The van der Waals surface area contributed by atoms with Crippen LogP contribution < -0.4 is 0 Å². The van der Waals surface area contributed by atoms with Gasteiger partial charge < -0.3 is 10.2 Å². The van der Waals surface area contributed by atoms with Gasteiger partial charge in [-0.15, -0.1) is 0 Å². The van der Waals surface area contributed by atoms with Crippen LogP contribution in [0.1, 0.15) is 21.6 Å². The van der Waals surface area contributed by atoms with Gasteiger partial charge in [0, 0.05) is 5.56 Å². The predicted octanol–water partition coefficient (Wildman–Crippen LogP) is 3.56. The highest BCUT2D eigenvalue weighted by molar-refractivity contribution is 5.88. The highest BCUT2D eigenvalue weighted by Crippen LogP contribution is 2.27. The Bertz CT molecular complexity index is 880. The Hall–Kier alpha value is -3.08. The molecule has 0 amide bonds. The molecule has 2 aromatic carbocycles. The molecule has 0 aliphatic heterocycles. The molecule has 3 aromatic rings. The number of aryl methyl sites for hydroxylation is 2. The second-order valence-corrected chi connectivity index (χ2v) is 5.49. The first kappa shape index (κ1) is 14.8. The first-order valence-electron chi connectivity index (χ1n) is 7.16.